The van der Waals surface area contributed by atoms with E-state index in [1.54, 1.807) is 0 Å². The maximum absolute atomic E-state index is 2.79. The first-order valence-electron chi connectivity index (χ1n) is 8.71. The van der Waals surface area contributed by atoms with Crippen molar-refractivity contribution in [2.24, 2.45) is 11.8 Å². The van der Waals surface area contributed by atoms with E-state index in [1.165, 1.54) is 51.0 Å². The summed E-state index contributed by atoms with van der Waals surface area (Å²) in [6, 6.07) is 11.7. The highest BCUT2D eigenvalue weighted by molar-refractivity contribution is 5.14. The normalized spacial score (nSPS) is 29.6. The number of piperidine rings is 2. The van der Waals surface area contributed by atoms with Crippen LogP contribution in [0, 0.1) is 11.8 Å². The zero-order valence-electron chi connectivity index (χ0n) is 13.7. The van der Waals surface area contributed by atoms with Gasteiger partial charge in [0.25, 0.3) is 0 Å². The Bertz CT molecular complexity index is 412. The van der Waals surface area contributed by atoms with Crippen LogP contribution in [0.5, 0.6) is 0 Å². The largest absolute Gasteiger partial charge is 0.300 e. The van der Waals surface area contributed by atoms with Crippen LogP contribution in [0.3, 0.4) is 0 Å². The lowest BCUT2D eigenvalue weighted by molar-refractivity contribution is 0.0530. The second kappa shape index (κ2) is 6.93. The average molecular weight is 286 g/mol. The molecule has 1 aromatic rings. The highest BCUT2D eigenvalue weighted by Gasteiger charge is 2.29. The molecule has 21 heavy (non-hydrogen) atoms. The third-order valence-electron chi connectivity index (χ3n) is 5.22. The van der Waals surface area contributed by atoms with E-state index in [9.17, 15) is 0 Å². The number of hydrogen-bond acceptors (Lipinski definition) is 2. The monoisotopic (exact) mass is 286 g/mol. The lowest BCUT2D eigenvalue weighted by atomic mass is 9.89. The van der Waals surface area contributed by atoms with Crippen molar-refractivity contribution in [1.29, 1.82) is 0 Å². The summed E-state index contributed by atoms with van der Waals surface area (Å²) in [5.41, 5.74) is 1.45. The van der Waals surface area contributed by atoms with E-state index >= 15 is 0 Å². The number of benzene rings is 1. The van der Waals surface area contributed by atoms with Crippen molar-refractivity contribution < 1.29 is 0 Å². The third-order valence-corrected chi connectivity index (χ3v) is 5.22. The Hall–Kier alpha value is -0.860. The van der Waals surface area contributed by atoms with Crippen LogP contribution >= 0.6 is 0 Å². The lowest BCUT2D eigenvalue weighted by Crippen LogP contribution is -2.49. The van der Waals surface area contributed by atoms with E-state index in [2.05, 4.69) is 54.0 Å². The fourth-order valence-electron chi connectivity index (χ4n) is 4.29. The first-order valence-corrected chi connectivity index (χ1v) is 8.71. The standard InChI is InChI=1S/C19H30N2/c1-16-12-17(2)14-21(13-16)19-8-10-20(11-9-19)15-18-6-4-3-5-7-18/h3-7,16-17,19H,8-15H2,1-2H3/t16-,17+. The fourth-order valence-corrected chi connectivity index (χ4v) is 4.29. The van der Waals surface area contributed by atoms with Crippen molar-refractivity contribution in [3.8, 4) is 0 Å². The van der Waals surface area contributed by atoms with Gasteiger partial charge >= 0.3 is 0 Å². The molecule has 2 aliphatic rings. The van der Waals surface area contributed by atoms with E-state index in [0.717, 1.165) is 24.4 Å². The van der Waals surface area contributed by atoms with Crippen molar-refractivity contribution in [3.05, 3.63) is 35.9 Å². The zero-order valence-corrected chi connectivity index (χ0v) is 13.7. The molecule has 0 aliphatic carbocycles. The molecule has 3 rings (SSSR count). The molecule has 0 spiro atoms. The number of nitrogens with zero attached hydrogens (tertiary/aromatic N) is 2. The van der Waals surface area contributed by atoms with E-state index in [0.29, 0.717) is 0 Å². The molecule has 2 saturated heterocycles. The van der Waals surface area contributed by atoms with Crippen LogP contribution in [0.4, 0.5) is 0 Å². The molecule has 0 unspecified atom stereocenters. The minimum Gasteiger partial charge on any atom is -0.300 e. The van der Waals surface area contributed by atoms with Gasteiger partial charge in [0.2, 0.25) is 0 Å². The van der Waals surface area contributed by atoms with Gasteiger partial charge in [-0.3, -0.25) is 9.80 Å². The molecule has 0 saturated carbocycles. The number of rotatable bonds is 3. The molecule has 0 amide bonds. The summed E-state index contributed by atoms with van der Waals surface area (Å²) in [5.74, 6) is 1.77. The van der Waals surface area contributed by atoms with Crippen LogP contribution in [0.1, 0.15) is 38.7 Å². The molecule has 2 nitrogen and oxygen atoms in total. The van der Waals surface area contributed by atoms with Crippen LogP contribution in [0.15, 0.2) is 30.3 Å². The number of hydrogen-bond donors (Lipinski definition) is 0. The third kappa shape index (κ3) is 4.08. The first kappa shape index (κ1) is 15.1. The Kier molecular flexibility index (Phi) is 4.97. The molecule has 2 aliphatic heterocycles. The van der Waals surface area contributed by atoms with Crippen molar-refractivity contribution in [2.75, 3.05) is 26.2 Å². The topological polar surface area (TPSA) is 6.48 Å². The molecule has 0 N–H and O–H groups in total. The Morgan fingerprint density at radius 2 is 1.57 bits per heavy atom. The molecule has 2 heteroatoms. The molecule has 1 aromatic carbocycles. The minimum atomic E-state index is 0.835. The zero-order chi connectivity index (χ0) is 14.7. The summed E-state index contributed by atoms with van der Waals surface area (Å²) >= 11 is 0. The van der Waals surface area contributed by atoms with Gasteiger partial charge in [-0.2, -0.15) is 0 Å². The Balaban J connectivity index is 1.48. The summed E-state index contributed by atoms with van der Waals surface area (Å²) in [6.07, 6.45) is 4.13. The second-order valence-corrected chi connectivity index (χ2v) is 7.39. The van der Waals surface area contributed by atoms with Gasteiger partial charge in [-0.15, -0.1) is 0 Å². The predicted molar refractivity (Wildman–Crippen MR) is 89.3 cm³/mol. The Labute approximate surface area is 130 Å². The maximum atomic E-state index is 2.79. The van der Waals surface area contributed by atoms with Gasteiger partial charge in [-0.05, 0) is 49.8 Å². The average Bonchev–Trinajstić information content (AvgIpc) is 2.48. The van der Waals surface area contributed by atoms with Crippen molar-refractivity contribution in [1.82, 2.24) is 9.80 Å². The summed E-state index contributed by atoms with van der Waals surface area (Å²) < 4.78 is 0. The van der Waals surface area contributed by atoms with Crippen molar-refractivity contribution >= 4 is 0 Å². The van der Waals surface area contributed by atoms with Gasteiger partial charge in [-0.1, -0.05) is 44.2 Å². The van der Waals surface area contributed by atoms with Crippen LogP contribution in [-0.2, 0) is 6.54 Å². The molecular weight excluding hydrogens is 256 g/mol. The SMILES string of the molecule is C[C@@H]1C[C@H](C)CN(C2CCN(Cc3ccccc3)CC2)C1. The van der Waals surface area contributed by atoms with Crippen molar-refractivity contribution in [3.63, 3.8) is 0 Å². The van der Waals surface area contributed by atoms with Gasteiger partial charge in [0.1, 0.15) is 0 Å². The van der Waals surface area contributed by atoms with Gasteiger partial charge < -0.3 is 0 Å². The molecule has 2 fully saturated rings. The molecule has 0 radical (unpaired) electrons. The molecule has 2 atom stereocenters. The predicted octanol–water partition coefficient (Wildman–Crippen LogP) is 3.63. The van der Waals surface area contributed by atoms with Crippen LogP contribution < -0.4 is 0 Å². The highest BCUT2D eigenvalue weighted by atomic mass is 15.2. The van der Waals surface area contributed by atoms with E-state index in [1.807, 2.05) is 0 Å². The quantitative estimate of drug-likeness (QED) is 0.837. The smallest absolute Gasteiger partial charge is 0.0233 e. The van der Waals surface area contributed by atoms with Crippen LogP contribution in [-0.4, -0.2) is 42.0 Å². The lowest BCUT2D eigenvalue weighted by Gasteiger charge is -2.43. The molecular formula is C19H30N2. The van der Waals surface area contributed by atoms with Crippen LogP contribution in [0.2, 0.25) is 0 Å². The fraction of sp³-hybridized carbons (Fsp3) is 0.684. The summed E-state index contributed by atoms with van der Waals surface area (Å²) in [5, 5.41) is 0. The molecule has 2 heterocycles. The molecule has 0 bridgehead atoms. The van der Waals surface area contributed by atoms with Gasteiger partial charge in [0.05, 0.1) is 0 Å². The second-order valence-electron chi connectivity index (χ2n) is 7.39. The minimum absolute atomic E-state index is 0.835. The Morgan fingerprint density at radius 1 is 0.952 bits per heavy atom. The van der Waals surface area contributed by atoms with E-state index < -0.39 is 0 Å². The summed E-state index contributed by atoms with van der Waals surface area (Å²) in [6.45, 7) is 11.2. The Morgan fingerprint density at radius 3 is 2.19 bits per heavy atom. The van der Waals surface area contributed by atoms with E-state index in [-0.39, 0.29) is 0 Å². The van der Waals surface area contributed by atoms with Gasteiger partial charge in [0.15, 0.2) is 0 Å². The van der Waals surface area contributed by atoms with Gasteiger partial charge in [0, 0.05) is 25.7 Å². The van der Waals surface area contributed by atoms with E-state index in [4.69, 9.17) is 0 Å². The summed E-state index contributed by atoms with van der Waals surface area (Å²) in [7, 11) is 0. The summed E-state index contributed by atoms with van der Waals surface area (Å²) in [4.78, 5) is 5.42. The maximum Gasteiger partial charge on any atom is 0.0233 e. The number of likely N-dealkylation sites (tertiary alicyclic amines) is 2. The first-order chi connectivity index (χ1) is 10.2. The molecule has 0 aromatic heterocycles. The highest BCUT2D eigenvalue weighted by Crippen LogP contribution is 2.26. The van der Waals surface area contributed by atoms with Gasteiger partial charge in [-0.25, -0.2) is 0 Å². The van der Waals surface area contributed by atoms with Crippen LogP contribution in [0.25, 0.3) is 0 Å². The molecule has 116 valence electrons. The van der Waals surface area contributed by atoms with Crippen molar-refractivity contribution in [2.45, 2.75) is 45.7 Å².